The molecule has 1 atom stereocenters. The van der Waals surface area contributed by atoms with Gasteiger partial charge in [0.15, 0.2) is 0 Å². The summed E-state index contributed by atoms with van der Waals surface area (Å²) in [4.78, 5) is 24.2. The Morgan fingerprint density at radius 3 is 2.25 bits per heavy atom. The Morgan fingerprint density at radius 2 is 1.62 bits per heavy atom. The number of hydrogen-bond donors (Lipinski definition) is 2. The lowest BCUT2D eigenvalue weighted by Gasteiger charge is -2.18. The maximum Gasteiger partial charge on any atom is 0.328 e. The monoisotopic (exact) mass is 326 g/mol. The molecule has 0 aliphatic heterocycles. The van der Waals surface area contributed by atoms with E-state index in [0.717, 1.165) is 11.3 Å². The molecular formula is C19H22N2O3. The SMILES string of the molecule is CCOC(=O)[C@H](Cc1ccccc1)NC(=O)CNc1ccccc1. The van der Waals surface area contributed by atoms with Crippen LogP contribution >= 0.6 is 0 Å². The molecule has 0 aliphatic carbocycles. The van der Waals surface area contributed by atoms with E-state index in [1.54, 1.807) is 6.92 Å². The van der Waals surface area contributed by atoms with Crippen molar-refractivity contribution in [2.75, 3.05) is 18.5 Å². The van der Waals surface area contributed by atoms with E-state index in [-0.39, 0.29) is 19.1 Å². The predicted octanol–water partition coefficient (Wildman–Crippen LogP) is 2.39. The van der Waals surface area contributed by atoms with Crippen LogP contribution in [0.25, 0.3) is 0 Å². The van der Waals surface area contributed by atoms with Gasteiger partial charge in [0.05, 0.1) is 13.2 Å². The van der Waals surface area contributed by atoms with Crippen LogP contribution in [-0.4, -0.2) is 31.1 Å². The number of nitrogens with one attached hydrogen (secondary N) is 2. The minimum Gasteiger partial charge on any atom is -0.464 e. The Balaban J connectivity index is 1.93. The Labute approximate surface area is 142 Å². The van der Waals surface area contributed by atoms with Gasteiger partial charge in [-0.3, -0.25) is 4.79 Å². The molecule has 0 radical (unpaired) electrons. The van der Waals surface area contributed by atoms with Crippen molar-refractivity contribution in [1.82, 2.24) is 5.32 Å². The Hall–Kier alpha value is -2.82. The summed E-state index contributed by atoms with van der Waals surface area (Å²) in [6.07, 6.45) is 0.400. The van der Waals surface area contributed by atoms with Crippen molar-refractivity contribution in [1.29, 1.82) is 0 Å². The molecule has 0 bridgehead atoms. The second kappa shape index (κ2) is 9.35. The number of amides is 1. The maximum atomic E-state index is 12.1. The van der Waals surface area contributed by atoms with Gasteiger partial charge >= 0.3 is 5.97 Å². The van der Waals surface area contributed by atoms with Crippen LogP contribution < -0.4 is 10.6 Å². The normalized spacial score (nSPS) is 11.4. The molecule has 2 aromatic carbocycles. The van der Waals surface area contributed by atoms with Crippen molar-refractivity contribution in [3.05, 3.63) is 66.2 Å². The molecule has 0 unspecified atom stereocenters. The number of ether oxygens (including phenoxy) is 1. The molecule has 126 valence electrons. The van der Waals surface area contributed by atoms with E-state index < -0.39 is 12.0 Å². The molecule has 1 amide bonds. The zero-order valence-corrected chi connectivity index (χ0v) is 13.7. The second-order valence-electron chi connectivity index (χ2n) is 5.28. The lowest BCUT2D eigenvalue weighted by Crippen LogP contribution is -2.45. The molecule has 5 heteroatoms. The summed E-state index contributed by atoms with van der Waals surface area (Å²) in [5.74, 6) is -0.678. The Morgan fingerprint density at radius 1 is 1.00 bits per heavy atom. The predicted molar refractivity (Wildman–Crippen MR) is 93.6 cm³/mol. The molecule has 0 saturated heterocycles. The quantitative estimate of drug-likeness (QED) is 0.731. The molecule has 0 spiro atoms. The highest BCUT2D eigenvalue weighted by atomic mass is 16.5. The summed E-state index contributed by atoms with van der Waals surface area (Å²) in [7, 11) is 0. The van der Waals surface area contributed by atoms with E-state index in [2.05, 4.69) is 10.6 Å². The zero-order chi connectivity index (χ0) is 17.2. The number of benzene rings is 2. The van der Waals surface area contributed by atoms with Crippen LogP contribution in [0.3, 0.4) is 0 Å². The Kier molecular flexibility index (Phi) is 6.83. The molecule has 24 heavy (non-hydrogen) atoms. The topological polar surface area (TPSA) is 67.4 Å². The van der Waals surface area contributed by atoms with Crippen LogP contribution in [0.1, 0.15) is 12.5 Å². The van der Waals surface area contributed by atoms with E-state index in [4.69, 9.17) is 4.74 Å². The summed E-state index contributed by atoms with van der Waals surface area (Å²) in [5.41, 5.74) is 1.82. The molecule has 5 nitrogen and oxygen atoms in total. The van der Waals surface area contributed by atoms with Crippen molar-refractivity contribution >= 4 is 17.6 Å². The first kappa shape index (κ1) is 17.5. The summed E-state index contributed by atoms with van der Waals surface area (Å²) in [6.45, 7) is 2.12. The summed E-state index contributed by atoms with van der Waals surface area (Å²) < 4.78 is 5.07. The van der Waals surface area contributed by atoms with Crippen molar-refractivity contribution in [3.63, 3.8) is 0 Å². The van der Waals surface area contributed by atoms with E-state index in [1.807, 2.05) is 60.7 Å². The van der Waals surface area contributed by atoms with Crippen LogP contribution in [0.2, 0.25) is 0 Å². The number of anilines is 1. The number of carbonyl (C=O) groups is 2. The lowest BCUT2D eigenvalue weighted by molar-refractivity contribution is -0.147. The zero-order valence-electron chi connectivity index (χ0n) is 13.7. The van der Waals surface area contributed by atoms with E-state index in [1.165, 1.54) is 0 Å². The largest absolute Gasteiger partial charge is 0.464 e. The van der Waals surface area contributed by atoms with Gasteiger partial charge in [-0.1, -0.05) is 48.5 Å². The van der Waals surface area contributed by atoms with Gasteiger partial charge in [0, 0.05) is 12.1 Å². The van der Waals surface area contributed by atoms with Gasteiger partial charge in [-0.2, -0.15) is 0 Å². The maximum absolute atomic E-state index is 12.1. The van der Waals surface area contributed by atoms with E-state index >= 15 is 0 Å². The standard InChI is InChI=1S/C19H22N2O3/c1-2-24-19(23)17(13-15-9-5-3-6-10-15)21-18(22)14-20-16-11-7-4-8-12-16/h3-12,17,20H,2,13-14H2,1H3,(H,21,22)/t17-/m0/s1. The second-order valence-corrected chi connectivity index (χ2v) is 5.28. The van der Waals surface area contributed by atoms with Gasteiger partial charge in [-0.15, -0.1) is 0 Å². The van der Waals surface area contributed by atoms with E-state index in [9.17, 15) is 9.59 Å². The minimum absolute atomic E-state index is 0.0920. The number of para-hydroxylation sites is 1. The first-order chi connectivity index (χ1) is 11.7. The van der Waals surface area contributed by atoms with E-state index in [0.29, 0.717) is 6.42 Å². The lowest BCUT2D eigenvalue weighted by atomic mass is 10.1. The smallest absolute Gasteiger partial charge is 0.328 e. The molecule has 0 fully saturated rings. The fourth-order valence-electron chi connectivity index (χ4n) is 2.27. The molecule has 0 saturated carbocycles. The van der Waals surface area contributed by atoms with Crippen LogP contribution in [0.4, 0.5) is 5.69 Å². The van der Waals surface area contributed by atoms with Crippen LogP contribution in [0.5, 0.6) is 0 Å². The molecular weight excluding hydrogens is 304 g/mol. The molecule has 2 N–H and O–H groups in total. The third-order valence-electron chi connectivity index (χ3n) is 3.42. The average Bonchev–Trinajstić information content (AvgIpc) is 2.61. The third kappa shape index (κ3) is 5.76. The Bertz CT molecular complexity index is 644. The highest BCUT2D eigenvalue weighted by Crippen LogP contribution is 2.06. The van der Waals surface area contributed by atoms with Gasteiger partial charge in [-0.05, 0) is 24.6 Å². The molecule has 2 rings (SSSR count). The molecule has 0 aliphatic rings. The third-order valence-corrected chi connectivity index (χ3v) is 3.42. The summed E-state index contributed by atoms with van der Waals surface area (Å²) >= 11 is 0. The van der Waals surface area contributed by atoms with Crippen LogP contribution in [0, 0.1) is 0 Å². The van der Waals surface area contributed by atoms with Crippen molar-refractivity contribution in [3.8, 4) is 0 Å². The van der Waals surface area contributed by atoms with Gasteiger partial charge in [0.1, 0.15) is 6.04 Å². The molecule has 0 heterocycles. The highest BCUT2D eigenvalue weighted by molar-refractivity contribution is 5.87. The fourth-order valence-corrected chi connectivity index (χ4v) is 2.27. The van der Waals surface area contributed by atoms with Crippen LogP contribution in [-0.2, 0) is 20.7 Å². The van der Waals surface area contributed by atoms with Crippen molar-refractivity contribution in [2.45, 2.75) is 19.4 Å². The first-order valence-electron chi connectivity index (χ1n) is 7.98. The number of esters is 1. The summed E-state index contributed by atoms with van der Waals surface area (Å²) in [6, 6.07) is 18.3. The first-order valence-corrected chi connectivity index (χ1v) is 7.98. The van der Waals surface area contributed by atoms with Crippen molar-refractivity contribution in [2.24, 2.45) is 0 Å². The minimum atomic E-state index is -0.697. The van der Waals surface area contributed by atoms with Gasteiger partial charge in [0.2, 0.25) is 5.91 Å². The highest BCUT2D eigenvalue weighted by Gasteiger charge is 2.22. The van der Waals surface area contributed by atoms with Gasteiger partial charge in [0.25, 0.3) is 0 Å². The number of rotatable bonds is 8. The molecule has 0 aromatic heterocycles. The summed E-state index contributed by atoms with van der Waals surface area (Å²) in [5, 5.41) is 5.76. The van der Waals surface area contributed by atoms with Gasteiger partial charge < -0.3 is 15.4 Å². The van der Waals surface area contributed by atoms with Crippen molar-refractivity contribution < 1.29 is 14.3 Å². The number of hydrogen-bond acceptors (Lipinski definition) is 4. The fraction of sp³-hybridized carbons (Fsp3) is 0.263. The van der Waals surface area contributed by atoms with Gasteiger partial charge in [-0.25, -0.2) is 4.79 Å². The number of carbonyl (C=O) groups excluding carboxylic acids is 2. The van der Waals surface area contributed by atoms with Crippen LogP contribution in [0.15, 0.2) is 60.7 Å². The average molecular weight is 326 g/mol. The molecule has 2 aromatic rings.